The predicted octanol–water partition coefficient (Wildman–Crippen LogP) is 3.52. The van der Waals surface area contributed by atoms with Gasteiger partial charge in [-0.15, -0.1) is 11.3 Å². The zero-order valence-electron chi connectivity index (χ0n) is 9.51. The minimum atomic E-state index is -0.808. The van der Waals surface area contributed by atoms with Crippen LogP contribution in [0.1, 0.15) is 5.56 Å². The summed E-state index contributed by atoms with van der Waals surface area (Å²) in [6, 6.07) is 11.8. The largest absolute Gasteiger partial charge is 0.481 e. The van der Waals surface area contributed by atoms with Crippen LogP contribution >= 0.6 is 11.3 Å². The molecule has 2 heterocycles. The molecule has 0 aliphatic rings. The molecule has 18 heavy (non-hydrogen) atoms. The topological polar surface area (TPSA) is 53.1 Å². The minimum absolute atomic E-state index is 0.0389. The predicted molar refractivity (Wildman–Crippen MR) is 73.0 cm³/mol. The molecule has 0 saturated carbocycles. The van der Waals surface area contributed by atoms with Gasteiger partial charge in [0.15, 0.2) is 0 Å². The van der Waals surface area contributed by atoms with Gasteiger partial charge >= 0.3 is 5.97 Å². The number of fused-ring (bicyclic) bond motifs is 1. The van der Waals surface area contributed by atoms with Crippen LogP contribution in [0.3, 0.4) is 0 Å². The van der Waals surface area contributed by atoms with Gasteiger partial charge in [0, 0.05) is 10.9 Å². The average molecular weight is 257 g/mol. The molecule has 0 spiro atoms. The lowest BCUT2D eigenvalue weighted by atomic mass is 10.1. The van der Waals surface area contributed by atoms with Gasteiger partial charge in [0.2, 0.25) is 0 Å². The second kappa shape index (κ2) is 4.31. The van der Waals surface area contributed by atoms with Crippen molar-refractivity contribution >= 4 is 28.2 Å². The van der Waals surface area contributed by atoms with Crippen LogP contribution in [0.2, 0.25) is 0 Å². The van der Waals surface area contributed by atoms with Crippen molar-refractivity contribution in [3.8, 4) is 10.6 Å². The van der Waals surface area contributed by atoms with Crippen LogP contribution in [0.25, 0.3) is 21.5 Å². The molecule has 0 saturated heterocycles. The molecule has 0 aliphatic carbocycles. The fourth-order valence-corrected chi connectivity index (χ4v) is 2.92. The van der Waals surface area contributed by atoms with E-state index in [0.717, 1.165) is 27.0 Å². The third kappa shape index (κ3) is 1.80. The molecular formula is C14H11NO2S. The number of aromatic amines is 1. The lowest BCUT2D eigenvalue weighted by Gasteiger charge is -1.99. The Kier molecular flexibility index (Phi) is 2.64. The van der Waals surface area contributed by atoms with Crippen LogP contribution in [0.15, 0.2) is 41.8 Å². The maximum atomic E-state index is 11.0. The Morgan fingerprint density at radius 2 is 2.06 bits per heavy atom. The number of benzene rings is 1. The summed E-state index contributed by atoms with van der Waals surface area (Å²) in [6.07, 6.45) is 0.0389. The van der Waals surface area contributed by atoms with Gasteiger partial charge in [-0.3, -0.25) is 4.79 Å². The summed E-state index contributed by atoms with van der Waals surface area (Å²) >= 11 is 1.61. The molecule has 0 bridgehead atoms. The van der Waals surface area contributed by atoms with Crippen LogP contribution < -0.4 is 0 Å². The van der Waals surface area contributed by atoms with Crippen LogP contribution in [0.4, 0.5) is 0 Å². The van der Waals surface area contributed by atoms with E-state index >= 15 is 0 Å². The number of hydrogen-bond donors (Lipinski definition) is 2. The van der Waals surface area contributed by atoms with Crippen LogP contribution in [0, 0.1) is 0 Å². The van der Waals surface area contributed by atoms with E-state index in [0.29, 0.717) is 0 Å². The number of thiophene rings is 1. The highest BCUT2D eigenvalue weighted by Gasteiger charge is 2.15. The monoisotopic (exact) mass is 257 g/mol. The number of carboxylic acids is 1. The highest BCUT2D eigenvalue weighted by molar-refractivity contribution is 7.13. The van der Waals surface area contributed by atoms with E-state index in [9.17, 15) is 4.79 Å². The summed E-state index contributed by atoms with van der Waals surface area (Å²) < 4.78 is 0. The number of aliphatic carboxylic acids is 1. The van der Waals surface area contributed by atoms with Gasteiger partial charge in [-0.05, 0) is 23.1 Å². The molecule has 0 atom stereocenters. The summed E-state index contributed by atoms with van der Waals surface area (Å²) in [5.74, 6) is -0.808. The molecule has 0 unspecified atom stereocenters. The Morgan fingerprint density at radius 1 is 1.22 bits per heavy atom. The molecule has 2 N–H and O–H groups in total. The Bertz CT molecular complexity index is 698. The summed E-state index contributed by atoms with van der Waals surface area (Å²) in [5.41, 5.74) is 2.77. The first-order valence-electron chi connectivity index (χ1n) is 5.61. The first kappa shape index (κ1) is 11.0. The summed E-state index contributed by atoms with van der Waals surface area (Å²) in [7, 11) is 0. The molecule has 3 aromatic rings. The van der Waals surface area contributed by atoms with Crippen molar-refractivity contribution < 1.29 is 9.90 Å². The maximum absolute atomic E-state index is 11.0. The fourth-order valence-electron chi connectivity index (χ4n) is 2.17. The van der Waals surface area contributed by atoms with Gasteiger partial charge in [0.25, 0.3) is 0 Å². The Labute approximate surface area is 108 Å². The van der Waals surface area contributed by atoms with Crippen molar-refractivity contribution in [1.29, 1.82) is 0 Å². The maximum Gasteiger partial charge on any atom is 0.307 e. The first-order chi connectivity index (χ1) is 8.75. The summed E-state index contributed by atoms with van der Waals surface area (Å²) in [5, 5.41) is 12.0. The van der Waals surface area contributed by atoms with Gasteiger partial charge in [0.05, 0.1) is 17.0 Å². The van der Waals surface area contributed by atoms with E-state index in [1.807, 2.05) is 41.8 Å². The Morgan fingerprint density at radius 3 is 2.78 bits per heavy atom. The zero-order chi connectivity index (χ0) is 12.5. The SMILES string of the molecule is O=C(O)Cc1c(-c2cccs2)[nH]c2ccccc12. The molecule has 0 radical (unpaired) electrons. The van der Waals surface area contributed by atoms with E-state index < -0.39 is 5.97 Å². The van der Waals surface area contributed by atoms with Gasteiger partial charge in [-0.25, -0.2) is 0 Å². The molecule has 0 fully saturated rings. The molecule has 90 valence electrons. The van der Waals surface area contributed by atoms with Crippen molar-refractivity contribution in [2.45, 2.75) is 6.42 Å². The van der Waals surface area contributed by atoms with E-state index in [1.165, 1.54) is 0 Å². The highest BCUT2D eigenvalue weighted by atomic mass is 32.1. The van der Waals surface area contributed by atoms with E-state index in [4.69, 9.17) is 5.11 Å². The molecule has 1 aromatic carbocycles. The third-order valence-electron chi connectivity index (χ3n) is 2.91. The molecule has 3 rings (SSSR count). The number of carbonyl (C=O) groups is 1. The number of carboxylic acid groups (broad SMARTS) is 1. The standard InChI is InChI=1S/C14H11NO2S/c16-13(17)8-10-9-4-1-2-5-11(9)15-14(10)12-6-3-7-18-12/h1-7,15H,8H2,(H,16,17). The smallest absolute Gasteiger partial charge is 0.307 e. The van der Waals surface area contributed by atoms with E-state index in [1.54, 1.807) is 11.3 Å². The number of rotatable bonds is 3. The number of H-pyrrole nitrogens is 1. The third-order valence-corrected chi connectivity index (χ3v) is 3.80. The molecule has 0 amide bonds. The average Bonchev–Trinajstić information content (AvgIpc) is 2.96. The van der Waals surface area contributed by atoms with Crippen molar-refractivity contribution in [2.75, 3.05) is 0 Å². The zero-order valence-corrected chi connectivity index (χ0v) is 10.3. The molecule has 4 heteroatoms. The summed E-state index contributed by atoms with van der Waals surface area (Å²) in [4.78, 5) is 15.4. The normalized spacial score (nSPS) is 10.9. The number of hydrogen-bond acceptors (Lipinski definition) is 2. The lowest BCUT2D eigenvalue weighted by Crippen LogP contribution is -2.00. The Balaban J connectivity index is 2.26. The molecule has 3 nitrogen and oxygen atoms in total. The van der Waals surface area contributed by atoms with Crippen LogP contribution in [0.5, 0.6) is 0 Å². The van der Waals surface area contributed by atoms with Gasteiger partial charge in [-0.2, -0.15) is 0 Å². The summed E-state index contributed by atoms with van der Waals surface area (Å²) in [6.45, 7) is 0. The molecule has 0 aliphatic heterocycles. The number of nitrogens with one attached hydrogen (secondary N) is 1. The van der Waals surface area contributed by atoms with Crippen LogP contribution in [-0.4, -0.2) is 16.1 Å². The Hall–Kier alpha value is -2.07. The minimum Gasteiger partial charge on any atom is -0.481 e. The van der Waals surface area contributed by atoms with Gasteiger partial charge in [-0.1, -0.05) is 24.3 Å². The fraction of sp³-hybridized carbons (Fsp3) is 0.0714. The van der Waals surface area contributed by atoms with E-state index in [2.05, 4.69) is 4.98 Å². The van der Waals surface area contributed by atoms with Gasteiger partial charge in [0.1, 0.15) is 0 Å². The number of aromatic nitrogens is 1. The molecular weight excluding hydrogens is 246 g/mol. The lowest BCUT2D eigenvalue weighted by molar-refractivity contribution is -0.136. The number of para-hydroxylation sites is 1. The second-order valence-electron chi connectivity index (χ2n) is 4.07. The first-order valence-corrected chi connectivity index (χ1v) is 6.49. The van der Waals surface area contributed by atoms with Crippen molar-refractivity contribution in [1.82, 2.24) is 4.98 Å². The van der Waals surface area contributed by atoms with Gasteiger partial charge < -0.3 is 10.1 Å². The quantitative estimate of drug-likeness (QED) is 0.754. The van der Waals surface area contributed by atoms with E-state index in [-0.39, 0.29) is 6.42 Å². The van der Waals surface area contributed by atoms with Crippen molar-refractivity contribution in [3.05, 3.63) is 47.3 Å². The highest BCUT2D eigenvalue weighted by Crippen LogP contribution is 2.33. The van der Waals surface area contributed by atoms with Crippen molar-refractivity contribution in [2.24, 2.45) is 0 Å². The molecule has 2 aromatic heterocycles. The van der Waals surface area contributed by atoms with Crippen molar-refractivity contribution in [3.63, 3.8) is 0 Å². The van der Waals surface area contributed by atoms with Crippen LogP contribution in [-0.2, 0) is 11.2 Å². The second-order valence-corrected chi connectivity index (χ2v) is 5.02.